The van der Waals surface area contributed by atoms with Crippen molar-refractivity contribution in [2.45, 2.75) is 26.3 Å². The predicted molar refractivity (Wildman–Crippen MR) is 86.3 cm³/mol. The van der Waals surface area contributed by atoms with Crippen LogP contribution >= 0.6 is 11.3 Å². The number of hydrogen-bond donors (Lipinski definition) is 3. The first-order valence-corrected chi connectivity index (χ1v) is 7.88. The van der Waals surface area contributed by atoms with Crippen LogP contribution in [0.1, 0.15) is 28.9 Å². The molecule has 0 saturated heterocycles. The van der Waals surface area contributed by atoms with Crippen LogP contribution in [0.25, 0.3) is 0 Å². The number of nitrogens with one attached hydrogen (secondary N) is 2. The molecule has 2 aromatic rings. The van der Waals surface area contributed by atoms with E-state index in [1.165, 1.54) is 24.3 Å². The quantitative estimate of drug-likeness (QED) is 0.714. The van der Waals surface area contributed by atoms with E-state index in [1.807, 2.05) is 6.92 Å². The summed E-state index contributed by atoms with van der Waals surface area (Å²) < 4.78 is 1.61. The summed E-state index contributed by atoms with van der Waals surface area (Å²) in [5.74, 6) is -0.890. The first kappa shape index (κ1) is 16.8. The molecule has 23 heavy (non-hydrogen) atoms. The Bertz CT molecular complexity index is 766. The highest BCUT2D eigenvalue weighted by atomic mass is 32.1. The van der Waals surface area contributed by atoms with E-state index in [0.717, 1.165) is 17.0 Å². The molecule has 0 radical (unpaired) electrons. The summed E-state index contributed by atoms with van der Waals surface area (Å²) in [4.78, 5) is 34.9. The van der Waals surface area contributed by atoms with E-state index < -0.39 is 5.91 Å². The van der Waals surface area contributed by atoms with Crippen LogP contribution in [0.3, 0.4) is 0 Å². The molecule has 0 bridgehead atoms. The number of amides is 2. The Morgan fingerprint density at radius 2 is 2.09 bits per heavy atom. The van der Waals surface area contributed by atoms with Crippen LogP contribution in [0.5, 0.6) is 5.75 Å². The van der Waals surface area contributed by atoms with Crippen molar-refractivity contribution in [1.82, 2.24) is 15.4 Å². The molecule has 0 fully saturated rings. The second-order valence-electron chi connectivity index (χ2n) is 4.95. The van der Waals surface area contributed by atoms with Crippen LogP contribution in [0.4, 0.5) is 0 Å². The standard InChI is InChI=1S/C15H17N3O4S/c1-10-9-23-15(22)18(10)7-3-6-13(20)16-17-14(21)11-4-2-5-12(19)8-11/h2,4-5,8-9,19H,3,6-7H2,1H3,(H,16,20)(H,17,21). The summed E-state index contributed by atoms with van der Waals surface area (Å²) in [6.07, 6.45) is 0.674. The Morgan fingerprint density at radius 1 is 1.30 bits per heavy atom. The van der Waals surface area contributed by atoms with Gasteiger partial charge in [0.25, 0.3) is 5.91 Å². The van der Waals surface area contributed by atoms with Crippen molar-refractivity contribution in [1.29, 1.82) is 0 Å². The maximum absolute atomic E-state index is 11.8. The lowest BCUT2D eigenvalue weighted by Crippen LogP contribution is -2.41. The third kappa shape index (κ3) is 4.68. The minimum atomic E-state index is -0.515. The number of phenolic OH excluding ortho intramolecular Hbond substituents is 1. The second-order valence-corrected chi connectivity index (χ2v) is 5.77. The van der Waals surface area contributed by atoms with Gasteiger partial charge in [-0.05, 0) is 31.5 Å². The van der Waals surface area contributed by atoms with Gasteiger partial charge in [-0.15, -0.1) is 0 Å². The van der Waals surface area contributed by atoms with Crippen molar-refractivity contribution in [3.63, 3.8) is 0 Å². The van der Waals surface area contributed by atoms with Crippen molar-refractivity contribution in [3.8, 4) is 5.75 Å². The molecule has 0 saturated carbocycles. The van der Waals surface area contributed by atoms with Crippen LogP contribution in [0.15, 0.2) is 34.4 Å². The lowest BCUT2D eigenvalue weighted by Gasteiger charge is -2.08. The molecule has 8 heteroatoms. The minimum Gasteiger partial charge on any atom is -0.508 e. The smallest absolute Gasteiger partial charge is 0.307 e. The Morgan fingerprint density at radius 3 is 2.74 bits per heavy atom. The number of nitrogens with zero attached hydrogens (tertiary/aromatic N) is 1. The zero-order valence-corrected chi connectivity index (χ0v) is 13.4. The van der Waals surface area contributed by atoms with Gasteiger partial charge >= 0.3 is 4.87 Å². The van der Waals surface area contributed by atoms with E-state index in [0.29, 0.717) is 13.0 Å². The topological polar surface area (TPSA) is 100 Å². The zero-order valence-electron chi connectivity index (χ0n) is 12.5. The highest BCUT2D eigenvalue weighted by Crippen LogP contribution is 2.10. The summed E-state index contributed by atoms with van der Waals surface area (Å²) in [6.45, 7) is 2.30. The van der Waals surface area contributed by atoms with E-state index in [1.54, 1.807) is 9.95 Å². The van der Waals surface area contributed by atoms with Gasteiger partial charge in [-0.1, -0.05) is 17.4 Å². The molecule has 1 aromatic heterocycles. The summed E-state index contributed by atoms with van der Waals surface area (Å²) in [7, 11) is 0. The van der Waals surface area contributed by atoms with Crippen LogP contribution in [0, 0.1) is 6.92 Å². The van der Waals surface area contributed by atoms with E-state index in [9.17, 15) is 19.5 Å². The number of thiazole rings is 1. The largest absolute Gasteiger partial charge is 0.508 e. The third-order valence-corrected chi connectivity index (χ3v) is 4.07. The Labute approximate surface area is 136 Å². The van der Waals surface area contributed by atoms with Gasteiger partial charge in [0.15, 0.2) is 0 Å². The number of rotatable bonds is 5. The average Bonchev–Trinajstić information content (AvgIpc) is 2.84. The van der Waals surface area contributed by atoms with Crippen LogP contribution in [0.2, 0.25) is 0 Å². The number of carbonyl (C=O) groups is 2. The highest BCUT2D eigenvalue weighted by molar-refractivity contribution is 7.07. The van der Waals surface area contributed by atoms with Gasteiger partial charge in [0.05, 0.1) is 0 Å². The summed E-state index contributed by atoms with van der Waals surface area (Å²) >= 11 is 1.13. The zero-order chi connectivity index (χ0) is 16.8. The van der Waals surface area contributed by atoms with Crippen LogP contribution in [-0.2, 0) is 11.3 Å². The number of aromatic nitrogens is 1. The molecule has 0 atom stereocenters. The number of aromatic hydroxyl groups is 1. The molecule has 122 valence electrons. The molecule has 0 aliphatic carbocycles. The summed E-state index contributed by atoms with van der Waals surface area (Å²) in [6, 6.07) is 5.80. The Balaban J connectivity index is 1.75. The summed E-state index contributed by atoms with van der Waals surface area (Å²) in [5.41, 5.74) is 5.70. The van der Waals surface area contributed by atoms with Crippen molar-refractivity contribution >= 4 is 23.2 Å². The molecule has 2 rings (SSSR count). The van der Waals surface area contributed by atoms with Crippen molar-refractivity contribution in [2.75, 3.05) is 0 Å². The number of carbonyl (C=O) groups excluding carboxylic acids is 2. The molecule has 1 aromatic carbocycles. The van der Waals surface area contributed by atoms with Gasteiger partial charge < -0.3 is 9.67 Å². The maximum atomic E-state index is 11.8. The number of benzene rings is 1. The number of aryl methyl sites for hydroxylation is 1. The third-order valence-electron chi connectivity index (χ3n) is 3.19. The van der Waals surface area contributed by atoms with Gasteiger partial charge in [-0.25, -0.2) is 0 Å². The first-order valence-electron chi connectivity index (χ1n) is 7.00. The van der Waals surface area contributed by atoms with Crippen LogP contribution in [-0.4, -0.2) is 21.5 Å². The molecule has 0 aliphatic heterocycles. The fraction of sp³-hybridized carbons (Fsp3) is 0.267. The Kier molecular flexibility index (Phi) is 5.53. The summed E-state index contributed by atoms with van der Waals surface area (Å²) in [5, 5.41) is 11.1. The molecule has 7 nitrogen and oxygen atoms in total. The highest BCUT2D eigenvalue weighted by Gasteiger charge is 2.08. The van der Waals surface area contributed by atoms with Gasteiger partial charge in [0.2, 0.25) is 5.91 Å². The SMILES string of the molecule is Cc1csc(=O)n1CCCC(=O)NNC(=O)c1cccc(O)c1. The molecular formula is C15H17N3O4S. The van der Waals surface area contributed by atoms with E-state index >= 15 is 0 Å². The monoisotopic (exact) mass is 335 g/mol. The molecular weight excluding hydrogens is 318 g/mol. The van der Waals surface area contributed by atoms with Crippen molar-refractivity contribution in [2.24, 2.45) is 0 Å². The normalized spacial score (nSPS) is 10.3. The molecule has 2 amide bonds. The van der Waals surface area contributed by atoms with E-state index in [-0.39, 0.29) is 28.5 Å². The van der Waals surface area contributed by atoms with E-state index in [4.69, 9.17) is 0 Å². The molecule has 3 N–H and O–H groups in total. The number of phenols is 1. The van der Waals surface area contributed by atoms with Gasteiger partial charge in [0.1, 0.15) is 5.75 Å². The van der Waals surface area contributed by atoms with Gasteiger partial charge in [-0.3, -0.25) is 25.2 Å². The molecule has 0 unspecified atom stereocenters. The fourth-order valence-corrected chi connectivity index (χ4v) is 2.74. The van der Waals surface area contributed by atoms with Gasteiger partial charge in [-0.2, -0.15) is 0 Å². The lowest BCUT2D eigenvalue weighted by molar-refractivity contribution is -0.122. The molecule has 1 heterocycles. The van der Waals surface area contributed by atoms with E-state index in [2.05, 4.69) is 10.9 Å². The predicted octanol–water partition coefficient (Wildman–Crippen LogP) is 1.17. The average molecular weight is 335 g/mol. The maximum Gasteiger partial charge on any atom is 0.307 e. The second kappa shape index (κ2) is 7.59. The van der Waals surface area contributed by atoms with Crippen molar-refractivity contribution < 1.29 is 14.7 Å². The molecule has 0 spiro atoms. The Hall–Kier alpha value is -2.61. The van der Waals surface area contributed by atoms with Crippen molar-refractivity contribution in [3.05, 3.63) is 50.6 Å². The molecule has 0 aliphatic rings. The minimum absolute atomic E-state index is 0.0273. The lowest BCUT2D eigenvalue weighted by atomic mass is 10.2. The number of hydrogen-bond acceptors (Lipinski definition) is 5. The number of hydrazine groups is 1. The van der Waals surface area contributed by atoms with Gasteiger partial charge in [0, 0.05) is 29.6 Å². The first-order chi connectivity index (χ1) is 11.0. The van der Waals surface area contributed by atoms with Crippen LogP contribution < -0.4 is 15.7 Å². The fourth-order valence-electron chi connectivity index (χ4n) is 1.98.